The van der Waals surface area contributed by atoms with E-state index in [-0.39, 0.29) is 11.9 Å². The van der Waals surface area contributed by atoms with E-state index in [0.717, 1.165) is 41.5 Å². The number of carbonyl (C=O) groups is 1. The third kappa shape index (κ3) is 5.07. The second-order valence-electron chi connectivity index (χ2n) is 8.05. The van der Waals surface area contributed by atoms with Crippen LogP contribution in [0.3, 0.4) is 0 Å². The molecule has 1 atom stereocenters. The molecule has 6 nitrogen and oxygen atoms in total. The van der Waals surface area contributed by atoms with Gasteiger partial charge in [-0.15, -0.1) is 0 Å². The lowest BCUT2D eigenvalue weighted by atomic mass is 10.1. The highest BCUT2D eigenvalue weighted by Gasteiger charge is 2.18. The molecule has 1 amide bonds. The maximum atomic E-state index is 12.8. The van der Waals surface area contributed by atoms with Gasteiger partial charge in [0.05, 0.1) is 12.6 Å². The molecule has 1 aromatic heterocycles. The van der Waals surface area contributed by atoms with Crippen LogP contribution in [0, 0.1) is 0 Å². The zero-order valence-corrected chi connectivity index (χ0v) is 18.8. The summed E-state index contributed by atoms with van der Waals surface area (Å²) in [6, 6.07) is 15.3. The summed E-state index contributed by atoms with van der Waals surface area (Å²) in [7, 11) is 0. The highest BCUT2D eigenvalue weighted by atomic mass is 16.5. The molecule has 32 heavy (non-hydrogen) atoms. The van der Waals surface area contributed by atoms with Gasteiger partial charge in [0.25, 0.3) is 5.91 Å². The summed E-state index contributed by atoms with van der Waals surface area (Å²) in [4.78, 5) is 24.3. The average Bonchev–Trinajstić information content (AvgIpc) is 2.85. The van der Waals surface area contributed by atoms with Gasteiger partial charge >= 0.3 is 0 Å². The van der Waals surface area contributed by atoms with Crippen molar-refractivity contribution in [3.63, 3.8) is 0 Å². The summed E-state index contributed by atoms with van der Waals surface area (Å²) in [6.45, 7) is 6.59. The van der Waals surface area contributed by atoms with Crippen molar-refractivity contribution in [2.45, 2.75) is 39.2 Å². The van der Waals surface area contributed by atoms with Crippen molar-refractivity contribution in [1.29, 1.82) is 0 Å². The van der Waals surface area contributed by atoms with E-state index in [4.69, 9.17) is 4.74 Å². The first-order chi connectivity index (χ1) is 15.7. The van der Waals surface area contributed by atoms with Crippen LogP contribution >= 0.6 is 0 Å². The Balaban J connectivity index is 1.45. The second kappa shape index (κ2) is 10.3. The second-order valence-corrected chi connectivity index (χ2v) is 8.05. The molecular formula is C26H30N4O2. The van der Waals surface area contributed by atoms with Gasteiger partial charge in [-0.1, -0.05) is 24.3 Å². The fourth-order valence-electron chi connectivity index (χ4n) is 4.03. The third-order valence-electron chi connectivity index (χ3n) is 5.79. The van der Waals surface area contributed by atoms with Gasteiger partial charge in [0.1, 0.15) is 11.4 Å². The van der Waals surface area contributed by atoms with Crippen molar-refractivity contribution in [3.05, 3.63) is 72.1 Å². The molecule has 4 rings (SSSR count). The van der Waals surface area contributed by atoms with Gasteiger partial charge in [-0.2, -0.15) is 0 Å². The van der Waals surface area contributed by atoms with E-state index >= 15 is 0 Å². The Morgan fingerprint density at radius 3 is 2.38 bits per heavy atom. The number of rotatable bonds is 7. The van der Waals surface area contributed by atoms with Crippen LogP contribution in [0.25, 0.3) is 11.3 Å². The summed E-state index contributed by atoms with van der Waals surface area (Å²) < 4.78 is 5.49. The predicted molar refractivity (Wildman–Crippen MR) is 127 cm³/mol. The highest BCUT2D eigenvalue weighted by molar-refractivity contribution is 5.95. The first-order valence-corrected chi connectivity index (χ1v) is 11.4. The zero-order chi connectivity index (χ0) is 22.3. The lowest BCUT2D eigenvalue weighted by Gasteiger charge is -2.28. The maximum absolute atomic E-state index is 12.8. The quantitative estimate of drug-likeness (QED) is 0.570. The minimum atomic E-state index is -0.108. The lowest BCUT2D eigenvalue weighted by Crippen LogP contribution is -2.30. The summed E-state index contributed by atoms with van der Waals surface area (Å²) in [5.41, 5.74) is 3.48. The molecular weight excluding hydrogens is 400 g/mol. The van der Waals surface area contributed by atoms with Crippen LogP contribution in [-0.4, -0.2) is 35.6 Å². The van der Waals surface area contributed by atoms with Gasteiger partial charge in [0, 0.05) is 36.6 Å². The number of hydrogen-bond acceptors (Lipinski definition) is 5. The van der Waals surface area contributed by atoms with E-state index in [1.165, 1.54) is 19.3 Å². The molecule has 0 saturated carbocycles. The van der Waals surface area contributed by atoms with Crippen LogP contribution < -0.4 is 15.0 Å². The van der Waals surface area contributed by atoms with Gasteiger partial charge in [-0.05, 0) is 62.9 Å². The Morgan fingerprint density at radius 1 is 1.00 bits per heavy atom. The SMILES string of the molecule is CCOc1ccc([C@@H](C)NC(=O)c2ccc(-c3nccnc3N3CCCCC3)cc2)cc1. The van der Waals surface area contributed by atoms with Crippen molar-refractivity contribution in [3.8, 4) is 17.0 Å². The van der Waals surface area contributed by atoms with E-state index in [1.807, 2.05) is 62.4 Å². The molecule has 6 heteroatoms. The van der Waals surface area contributed by atoms with Crippen LogP contribution in [0.4, 0.5) is 5.82 Å². The first kappa shape index (κ1) is 21.8. The van der Waals surface area contributed by atoms with Crippen LogP contribution in [0.5, 0.6) is 5.75 Å². The van der Waals surface area contributed by atoms with Crippen molar-refractivity contribution >= 4 is 11.7 Å². The summed E-state index contributed by atoms with van der Waals surface area (Å²) in [5, 5.41) is 3.07. The van der Waals surface area contributed by atoms with Crippen molar-refractivity contribution in [2.75, 3.05) is 24.6 Å². The minimum absolute atomic E-state index is 0.103. The topological polar surface area (TPSA) is 67.3 Å². The zero-order valence-electron chi connectivity index (χ0n) is 18.8. The number of carbonyl (C=O) groups excluding carboxylic acids is 1. The van der Waals surface area contributed by atoms with E-state index in [0.29, 0.717) is 12.2 Å². The molecule has 1 aliphatic heterocycles. The number of benzene rings is 2. The molecule has 166 valence electrons. The molecule has 0 bridgehead atoms. The summed E-state index contributed by atoms with van der Waals surface area (Å²) in [5.74, 6) is 1.65. The fraction of sp³-hybridized carbons (Fsp3) is 0.346. The number of nitrogens with zero attached hydrogens (tertiary/aromatic N) is 3. The predicted octanol–water partition coefficient (Wildman–Crippen LogP) is 5.02. The Kier molecular flexibility index (Phi) is 7.00. The molecule has 3 aromatic rings. The number of nitrogens with one attached hydrogen (secondary N) is 1. The molecule has 0 radical (unpaired) electrons. The van der Waals surface area contributed by atoms with E-state index < -0.39 is 0 Å². The third-order valence-corrected chi connectivity index (χ3v) is 5.79. The molecule has 1 fully saturated rings. The van der Waals surface area contributed by atoms with E-state index in [1.54, 1.807) is 12.4 Å². The first-order valence-electron chi connectivity index (χ1n) is 11.4. The average molecular weight is 431 g/mol. The maximum Gasteiger partial charge on any atom is 0.251 e. The van der Waals surface area contributed by atoms with Gasteiger partial charge < -0.3 is 15.0 Å². The van der Waals surface area contributed by atoms with Crippen molar-refractivity contribution in [1.82, 2.24) is 15.3 Å². The molecule has 0 aliphatic carbocycles. The standard InChI is InChI=1S/C26H30N4O2/c1-3-32-23-13-11-20(12-14-23)19(2)29-26(31)22-9-7-21(8-10-22)24-25(28-16-15-27-24)30-17-5-4-6-18-30/h7-16,19H,3-6,17-18H2,1-2H3,(H,29,31)/t19-/m1/s1. The Hall–Kier alpha value is -3.41. The van der Waals surface area contributed by atoms with Crippen LogP contribution in [0.15, 0.2) is 60.9 Å². The smallest absolute Gasteiger partial charge is 0.251 e. The van der Waals surface area contributed by atoms with Gasteiger partial charge in [-0.25, -0.2) is 4.98 Å². The van der Waals surface area contributed by atoms with Gasteiger partial charge in [0.2, 0.25) is 0 Å². The Morgan fingerprint density at radius 2 is 1.69 bits per heavy atom. The summed E-state index contributed by atoms with van der Waals surface area (Å²) >= 11 is 0. The van der Waals surface area contributed by atoms with Crippen LogP contribution in [0.1, 0.15) is 55.1 Å². The molecule has 0 spiro atoms. The van der Waals surface area contributed by atoms with E-state index in [2.05, 4.69) is 20.2 Å². The van der Waals surface area contributed by atoms with Crippen molar-refractivity contribution in [2.24, 2.45) is 0 Å². The molecule has 0 unspecified atom stereocenters. The number of hydrogen-bond donors (Lipinski definition) is 1. The number of piperidine rings is 1. The Bertz CT molecular complexity index is 1030. The van der Waals surface area contributed by atoms with E-state index in [9.17, 15) is 4.79 Å². The molecule has 1 saturated heterocycles. The molecule has 2 heterocycles. The monoisotopic (exact) mass is 430 g/mol. The van der Waals surface area contributed by atoms with Crippen molar-refractivity contribution < 1.29 is 9.53 Å². The molecule has 1 aliphatic rings. The highest BCUT2D eigenvalue weighted by Crippen LogP contribution is 2.29. The normalized spacial score (nSPS) is 14.6. The summed E-state index contributed by atoms with van der Waals surface area (Å²) in [6.07, 6.45) is 7.10. The molecule has 1 N–H and O–H groups in total. The molecule has 2 aromatic carbocycles. The van der Waals surface area contributed by atoms with Gasteiger partial charge in [-0.3, -0.25) is 9.78 Å². The van der Waals surface area contributed by atoms with Crippen LogP contribution in [-0.2, 0) is 0 Å². The number of ether oxygens (including phenoxy) is 1. The number of amides is 1. The van der Waals surface area contributed by atoms with Gasteiger partial charge in [0.15, 0.2) is 5.82 Å². The minimum Gasteiger partial charge on any atom is -0.494 e. The van der Waals surface area contributed by atoms with Crippen LogP contribution in [0.2, 0.25) is 0 Å². The largest absolute Gasteiger partial charge is 0.494 e. The number of anilines is 1. The fourth-order valence-corrected chi connectivity index (χ4v) is 4.03. The Labute approximate surface area is 189 Å². The lowest BCUT2D eigenvalue weighted by molar-refractivity contribution is 0.0940. The number of aromatic nitrogens is 2.